The summed E-state index contributed by atoms with van der Waals surface area (Å²) in [6, 6.07) is 3.78. The lowest BCUT2D eigenvalue weighted by Gasteiger charge is -2.09. The lowest BCUT2D eigenvalue weighted by Crippen LogP contribution is -2.13. The van der Waals surface area contributed by atoms with Gasteiger partial charge in [0.1, 0.15) is 5.75 Å². The number of amides is 1. The van der Waals surface area contributed by atoms with E-state index in [0.717, 1.165) is 16.7 Å². The molecule has 0 atom stereocenters. The summed E-state index contributed by atoms with van der Waals surface area (Å²) in [5.74, 6) is 0.857. The van der Waals surface area contributed by atoms with Gasteiger partial charge in [0.25, 0.3) is 5.91 Å². The predicted molar refractivity (Wildman–Crippen MR) is 84.5 cm³/mol. The topological polar surface area (TPSA) is 49.3 Å². The maximum Gasteiger partial charge on any atom is 0.258 e. The summed E-state index contributed by atoms with van der Waals surface area (Å²) in [4.78, 5) is 12.3. The van der Waals surface area contributed by atoms with Crippen molar-refractivity contribution in [2.45, 2.75) is 12.8 Å². The molecule has 1 fully saturated rings. The first-order chi connectivity index (χ1) is 9.65. The Labute approximate surface area is 123 Å². The molecule has 0 bridgehead atoms. The number of phenols is 1. The van der Waals surface area contributed by atoms with Crippen molar-refractivity contribution in [3.05, 3.63) is 59.0 Å². The normalized spacial score (nSPS) is 16.2. The molecule has 20 heavy (non-hydrogen) atoms. The monoisotopic (exact) mass is 287 g/mol. The summed E-state index contributed by atoms with van der Waals surface area (Å²) in [5.41, 5.74) is 2.54. The van der Waals surface area contributed by atoms with Gasteiger partial charge in [-0.25, -0.2) is 0 Å². The van der Waals surface area contributed by atoms with E-state index in [-0.39, 0.29) is 11.7 Å². The van der Waals surface area contributed by atoms with Gasteiger partial charge in [-0.1, -0.05) is 23.9 Å². The summed E-state index contributed by atoms with van der Waals surface area (Å²) in [5, 5.41) is 12.9. The molecule has 4 heteroatoms. The molecule has 0 unspecified atom stereocenters. The van der Waals surface area contributed by atoms with Crippen LogP contribution in [0.3, 0.4) is 0 Å². The smallest absolute Gasteiger partial charge is 0.258 e. The van der Waals surface area contributed by atoms with Crippen molar-refractivity contribution >= 4 is 23.7 Å². The number of nitrogens with one attached hydrogen (secondary N) is 1. The Morgan fingerprint density at radius 3 is 2.30 bits per heavy atom. The van der Waals surface area contributed by atoms with E-state index in [4.69, 9.17) is 0 Å². The van der Waals surface area contributed by atoms with Crippen molar-refractivity contribution in [1.29, 1.82) is 0 Å². The molecule has 1 aromatic carbocycles. The van der Waals surface area contributed by atoms with E-state index in [1.54, 1.807) is 12.2 Å². The predicted octanol–water partition coefficient (Wildman–Crippen LogP) is 3.01. The highest BCUT2D eigenvalue weighted by atomic mass is 32.2. The lowest BCUT2D eigenvalue weighted by atomic mass is 9.99. The van der Waals surface area contributed by atoms with Crippen molar-refractivity contribution in [2.24, 2.45) is 0 Å². The van der Waals surface area contributed by atoms with Crippen LogP contribution < -0.4 is 5.32 Å². The number of thioether (sulfide) groups is 1. The Morgan fingerprint density at radius 2 is 1.85 bits per heavy atom. The quantitative estimate of drug-likeness (QED) is 0.646. The van der Waals surface area contributed by atoms with Crippen molar-refractivity contribution in [1.82, 2.24) is 5.32 Å². The summed E-state index contributed by atoms with van der Waals surface area (Å²) in [6.07, 6.45) is 6.53. The van der Waals surface area contributed by atoms with E-state index in [1.165, 1.54) is 11.8 Å². The zero-order chi connectivity index (χ0) is 14.5. The minimum Gasteiger partial charge on any atom is -0.507 e. The zero-order valence-corrected chi connectivity index (χ0v) is 12.0. The summed E-state index contributed by atoms with van der Waals surface area (Å²) in [6.45, 7) is 7.41. The second-order valence-corrected chi connectivity index (χ2v) is 5.49. The highest BCUT2D eigenvalue weighted by Gasteiger charge is 2.17. The fraction of sp³-hybridized carbons (Fsp3) is 0.188. The summed E-state index contributed by atoms with van der Waals surface area (Å²) in [7, 11) is 0. The summed E-state index contributed by atoms with van der Waals surface area (Å²) >= 11 is 1.49. The number of phenolic OH excluding ortho intramolecular Hbond substituents is 1. The molecule has 1 aliphatic heterocycles. The van der Waals surface area contributed by atoms with Gasteiger partial charge < -0.3 is 10.4 Å². The lowest BCUT2D eigenvalue weighted by molar-refractivity contribution is -0.116. The second-order valence-electron chi connectivity index (χ2n) is 4.48. The molecule has 1 aliphatic rings. The van der Waals surface area contributed by atoms with Crippen molar-refractivity contribution in [3.63, 3.8) is 0 Å². The zero-order valence-electron chi connectivity index (χ0n) is 11.2. The van der Waals surface area contributed by atoms with E-state index >= 15 is 0 Å². The Balaban J connectivity index is 2.44. The van der Waals surface area contributed by atoms with Crippen LogP contribution in [0.1, 0.15) is 16.7 Å². The Hall–Kier alpha value is -1.94. The third-order valence-corrected chi connectivity index (χ3v) is 3.90. The van der Waals surface area contributed by atoms with E-state index < -0.39 is 0 Å². The van der Waals surface area contributed by atoms with Gasteiger partial charge in [-0.15, -0.1) is 13.2 Å². The van der Waals surface area contributed by atoms with Crippen LogP contribution in [-0.2, 0) is 17.6 Å². The van der Waals surface area contributed by atoms with Crippen molar-refractivity contribution in [3.8, 4) is 5.75 Å². The SMILES string of the molecule is C=CCc1cc(C=C2SCNC2=O)cc(CC=C)c1O. The van der Waals surface area contributed by atoms with E-state index in [1.807, 2.05) is 18.2 Å². The van der Waals surface area contributed by atoms with Crippen LogP contribution in [0.4, 0.5) is 0 Å². The van der Waals surface area contributed by atoms with Crippen LogP contribution in [0, 0.1) is 0 Å². The molecule has 2 rings (SSSR count). The molecule has 0 aromatic heterocycles. The molecular weight excluding hydrogens is 270 g/mol. The molecule has 1 saturated heterocycles. The van der Waals surface area contributed by atoms with Gasteiger partial charge in [-0.05, 0) is 47.7 Å². The van der Waals surface area contributed by atoms with E-state index in [0.29, 0.717) is 23.6 Å². The van der Waals surface area contributed by atoms with Crippen LogP contribution in [0.25, 0.3) is 6.08 Å². The average molecular weight is 287 g/mol. The maximum absolute atomic E-state index is 11.6. The van der Waals surface area contributed by atoms with Crippen LogP contribution in [0.2, 0.25) is 0 Å². The van der Waals surface area contributed by atoms with Crippen LogP contribution in [-0.4, -0.2) is 16.9 Å². The minimum absolute atomic E-state index is 0.0429. The van der Waals surface area contributed by atoms with E-state index in [2.05, 4.69) is 18.5 Å². The second kappa shape index (κ2) is 6.48. The van der Waals surface area contributed by atoms with E-state index in [9.17, 15) is 9.90 Å². The van der Waals surface area contributed by atoms with Gasteiger partial charge in [-0.2, -0.15) is 0 Å². The van der Waals surface area contributed by atoms with Gasteiger partial charge >= 0.3 is 0 Å². The van der Waals surface area contributed by atoms with Crippen LogP contribution in [0.5, 0.6) is 5.75 Å². The van der Waals surface area contributed by atoms with Crippen LogP contribution in [0.15, 0.2) is 42.3 Å². The first-order valence-corrected chi connectivity index (χ1v) is 7.33. The molecule has 2 N–H and O–H groups in total. The molecule has 0 radical (unpaired) electrons. The molecule has 0 aliphatic carbocycles. The molecule has 0 spiro atoms. The Bertz CT molecular complexity index is 559. The van der Waals surface area contributed by atoms with Crippen molar-refractivity contribution in [2.75, 3.05) is 5.88 Å². The molecule has 0 saturated carbocycles. The minimum atomic E-state index is -0.0429. The number of carbonyl (C=O) groups is 1. The van der Waals surface area contributed by atoms with Gasteiger partial charge in [0.05, 0.1) is 10.8 Å². The van der Waals surface area contributed by atoms with Crippen LogP contribution >= 0.6 is 11.8 Å². The van der Waals surface area contributed by atoms with Gasteiger partial charge in [0.15, 0.2) is 0 Å². The molecular formula is C16H17NO2S. The Kier molecular flexibility index (Phi) is 4.69. The molecule has 3 nitrogen and oxygen atoms in total. The highest BCUT2D eigenvalue weighted by molar-refractivity contribution is 8.04. The van der Waals surface area contributed by atoms with Gasteiger partial charge in [0, 0.05) is 0 Å². The molecule has 1 amide bonds. The van der Waals surface area contributed by atoms with Gasteiger partial charge in [0.2, 0.25) is 0 Å². The third-order valence-electron chi connectivity index (χ3n) is 3.00. The number of allylic oxidation sites excluding steroid dienone is 2. The standard InChI is InChI=1S/C16H17NO2S/c1-3-5-12-7-11(8-13(6-4-2)15(12)18)9-14-16(19)17-10-20-14/h3-4,7-9,18H,1-2,5-6,10H2,(H,17,19). The maximum atomic E-state index is 11.6. The Morgan fingerprint density at radius 1 is 1.25 bits per heavy atom. The molecule has 1 aromatic rings. The molecule has 1 heterocycles. The number of carbonyl (C=O) groups excluding carboxylic acids is 1. The fourth-order valence-electron chi connectivity index (χ4n) is 2.08. The number of benzene rings is 1. The number of hydrogen-bond donors (Lipinski definition) is 2. The van der Waals surface area contributed by atoms with Crippen molar-refractivity contribution < 1.29 is 9.90 Å². The number of rotatable bonds is 5. The first-order valence-electron chi connectivity index (χ1n) is 6.35. The molecule has 104 valence electrons. The highest BCUT2D eigenvalue weighted by Crippen LogP contribution is 2.29. The van der Waals surface area contributed by atoms with Gasteiger partial charge in [-0.3, -0.25) is 4.79 Å². The average Bonchev–Trinajstić information content (AvgIpc) is 2.81. The largest absolute Gasteiger partial charge is 0.507 e. The number of hydrogen-bond acceptors (Lipinski definition) is 3. The third kappa shape index (κ3) is 3.14. The summed E-state index contributed by atoms with van der Waals surface area (Å²) < 4.78 is 0. The number of aromatic hydroxyl groups is 1. The first kappa shape index (κ1) is 14.5. The fourth-order valence-corrected chi connectivity index (χ4v) is 2.86.